The van der Waals surface area contributed by atoms with E-state index in [1.54, 1.807) is 0 Å². The molecule has 298 valence electrons. The van der Waals surface area contributed by atoms with Crippen molar-refractivity contribution >= 4 is 92.9 Å². The topological polar surface area (TPSA) is 16.4 Å². The van der Waals surface area contributed by atoms with Crippen LogP contribution < -0.4 is 4.90 Å². The first-order chi connectivity index (χ1) is 31.7. The van der Waals surface area contributed by atoms with Crippen LogP contribution in [0.25, 0.3) is 109 Å². The van der Waals surface area contributed by atoms with Crippen molar-refractivity contribution in [3.63, 3.8) is 0 Å². The van der Waals surface area contributed by atoms with Crippen molar-refractivity contribution < 1.29 is 4.42 Å². The molecule has 0 atom stereocenters. The SMILES string of the molecule is c1ccc2c(-c3ccc(N(c4ccc(-c5cccc6c5oc5ccccc56)cc4)c4cc5ccccc5c5ccccc45)cc3)cc(-c3cc4ccccc4c4ccccc34)cc2c1. The average molecular weight is 814 g/mol. The number of anilines is 3. The standard InChI is InChI=1S/C62H39NO/c1-6-19-50-42(14-1)36-45(59-37-43-15-2-4-17-48(43)52-20-7-8-22-54(52)59)38-58(50)41-30-34-47(35-31-41)63(60-39-44-16-3-5-18-49(44)53-21-9-10-23-55(53)60)46-32-28-40(29-33-46)51-25-13-26-57-56-24-11-12-27-61(56)64-62(51)57/h1-39H. The molecule has 0 bridgehead atoms. The molecule has 13 rings (SSSR count). The highest BCUT2D eigenvalue weighted by Gasteiger charge is 2.20. The van der Waals surface area contributed by atoms with Gasteiger partial charge in [0.25, 0.3) is 0 Å². The molecule has 0 unspecified atom stereocenters. The van der Waals surface area contributed by atoms with Gasteiger partial charge in [0.15, 0.2) is 0 Å². The van der Waals surface area contributed by atoms with Crippen molar-refractivity contribution in [3.05, 3.63) is 237 Å². The Labute approximate surface area is 370 Å². The maximum atomic E-state index is 6.48. The Bertz CT molecular complexity index is 3950. The second-order valence-corrected chi connectivity index (χ2v) is 16.8. The monoisotopic (exact) mass is 813 g/mol. The lowest BCUT2D eigenvalue weighted by atomic mass is 9.89. The van der Waals surface area contributed by atoms with Gasteiger partial charge in [0.05, 0.1) is 5.69 Å². The summed E-state index contributed by atoms with van der Waals surface area (Å²) in [5, 5.41) is 14.7. The summed E-state index contributed by atoms with van der Waals surface area (Å²) in [6.45, 7) is 0. The summed E-state index contributed by atoms with van der Waals surface area (Å²) in [6, 6.07) is 86.2. The highest BCUT2D eigenvalue weighted by Crippen LogP contribution is 2.45. The van der Waals surface area contributed by atoms with E-state index < -0.39 is 0 Å². The Morgan fingerprint density at radius 1 is 0.266 bits per heavy atom. The van der Waals surface area contributed by atoms with Crippen LogP contribution in [0.15, 0.2) is 241 Å². The Morgan fingerprint density at radius 2 is 0.734 bits per heavy atom. The molecule has 0 aliphatic carbocycles. The first-order valence-corrected chi connectivity index (χ1v) is 22.0. The van der Waals surface area contributed by atoms with E-state index >= 15 is 0 Å². The minimum atomic E-state index is 0.904. The first-order valence-electron chi connectivity index (χ1n) is 22.0. The highest BCUT2D eigenvalue weighted by atomic mass is 16.3. The van der Waals surface area contributed by atoms with Crippen LogP contribution >= 0.6 is 0 Å². The predicted molar refractivity (Wildman–Crippen MR) is 272 cm³/mol. The molecule has 12 aromatic carbocycles. The summed E-state index contributed by atoms with van der Waals surface area (Å²) in [5.74, 6) is 0. The van der Waals surface area contributed by atoms with Gasteiger partial charge >= 0.3 is 0 Å². The third-order valence-corrected chi connectivity index (χ3v) is 13.2. The number of hydrogen-bond acceptors (Lipinski definition) is 2. The minimum Gasteiger partial charge on any atom is -0.455 e. The van der Waals surface area contributed by atoms with Gasteiger partial charge < -0.3 is 9.32 Å². The second kappa shape index (κ2) is 14.6. The van der Waals surface area contributed by atoms with Gasteiger partial charge in [0.2, 0.25) is 0 Å². The molecule has 0 aliphatic heterocycles. The van der Waals surface area contributed by atoms with E-state index in [1.165, 1.54) is 76.1 Å². The molecule has 2 heteroatoms. The van der Waals surface area contributed by atoms with Crippen LogP contribution in [-0.4, -0.2) is 0 Å². The van der Waals surface area contributed by atoms with Gasteiger partial charge in [0.1, 0.15) is 11.2 Å². The van der Waals surface area contributed by atoms with Gasteiger partial charge in [-0.2, -0.15) is 0 Å². The predicted octanol–water partition coefficient (Wildman–Crippen LogP) is 17.8. The van der Waals surface area contributed by atoms with Crippen LogP contribution in [0.1, 0.15) is 0 Å². The summed E-state index contributed by atoms with van der Waals surface area (Å²) in [4.78, 5) is 2.42. The normalized spacial score (nSPS) is 11.8. The number of nitrogens with zero attached hydrogens (tertiary/aromatic N) is 1. The van der Waals surface area contributed by atoms with Gasteiger partial charge in [0, 0.05) is 33.1 Å². The number of hydrogen-bond donors (Lipinski definition) is 0. The molecule has 0 saturated carbocycles. The number of para-hydroxylation sites is 2. The molecule has 0 spiro atoms. The zero-order valence-corrected chi connectivity index (χ0v) is 34.9. The summed E-state index contributed by atoms with van der Waals surface area (Å²) < 4.78 is 6.48. The van der Waals surface area contributed by atoms with Crippen molar-refractivity contribution in [2.75, 3.05) is 4.90 Å². The van der Waals surface area contributed by atoms with E-state index in [4.69, 9.17) is 4.42 Å². The molecular weight excluding hydrogens is 775 g/mol. The Morgan fingerprint density at radius 3 is 1.41 bits per heavy atom. The number of fused-ring (bicyclic) bond motifs is 10. The van der Waals surface area contributed by atoms with Crippen LogP contribution in [-0.2, 0) is 0 Å². The Balaban J connectivity index is 0.971. The highest BCUT2D eigenvalue weighted by molar-refractivity contribution is 6.16. The number of furan rings is 1. The van der Waals surface area contributed by atoms with Crippen LogP contribution in [0.4, 0.5) is 17.1 Å². The lowest BCUT2D eigenvalue weighted by Gasteiger charge is -2.28. The number of benzene rings is 12. The van der Waals surface area contributed by atoms with Gasteiger partial charge in [-0.05, 0) is 131 Å². The number of rotatable bonds is 6. The molecule has 0 fully saturated rings. The quantitative estimate of drug-likeness (QED) is 0.156. The van der Waals surface area contributed by atoms with E-state index in [2.05, 4.69) is 229 Å². The second-order valence-electron chi connectivity index (χ2n) is 16.8. The molecule has 0 aliphatic rings. The molecule has 0 radical (unpaired) electrons. The van der Waals surface area contributed by atoms with E-state index in [1.807, 2.05) is 12.1 Å². The van der Waals surface area contributed by atoms with Crippen molar-refractivity contribution in [2.24, 2.45) is 0 Å². The molecule has 0 amide bonds. The molecular formula is C62H39NO. The van der Waals surface area contributed by atoms with Crippen molar-refractivity contribution in [2.45, 2.75) is 0 Å². The zero-order valence-electron chi connectivity index (χ0n) is 34.9. The van der Waals surface area contributed by atoms with Crippen molar-refractivity contribution in [3.8, 4) is 33.4 Å². The summed E-state index contributed by atoms with van der Waals surface area (Å²) in [5.41, 5.74) is 12.1. The summed E-state index contributed by atoms with van der Waals surface area (Å²) >= 11 is 0. The zero-order chi connectivity index (χ0) is 42.1. The van der Waals surface area contributed by atoms with Crippen LogP contribution in [0.5, 0.6) is 0 Å². The Kier molecular flexibility index (Phi) is 8.25. The van der Waals surface area contributed by atoms with Gasteiger partial charge in [-0.3, -0.25) is 0 Å². The van der Waals surface area contributed by atoms with Crippen molar-refractivity contribution in [1.82, 2.24) is 0 Å². The van der Waals surface area contributed by atoms with Gasteiger partial charge in [-0.25, -0.2) is 0 Å². The molecule has 1 aromatic heterocycles. The molecule has 2 nitrogen and oxygen atoms in total. The smallest absolute Gasteiger partial charge is 0.143 e. The van der Waals surface area contributed by atoms with Gasteiger partial charge in [-0.15, -0.1) is 0 Å². The van der Waals surface area contributed by atoms with Crippen LogP contribution in [0, 0.1) is 0 Å². The molecule has 0 saturated heterocycles. The molecule has 1 heterocycles. The average Bonchev–Trinajstić information content (AvgIpc) is 3.75. The largest absolute Gasteiger partial charge is 0.455 e. The lowest BCUT2D eigenvalue weighted by molar-refractivity contribution is 0.670. The first kappa shape index (κ1) is 36.2. The molecule has 0 N–H and O–H groups in total. The fourth-order valence-electron chi connectivity index (χ4n) is 10.2. The Hall–Kier alpha value is -8.46. The van der Waals surface area contributed by atoms with Crippen LogP contribution in [0.2, 0.25) is 0 Å². The third kappa shape index (κ3) is 5.81. The van der Waals surface area contributed by atoms with E-state index in [0.29, 0.717) is 0 Å². The fraction of sp³-hybridized carbons (Fsp3) is 0. The van der Waals surface area contributed by atoms with E-state index in [0.717, 1.165) is 50.1 Å². The maximum absolute atomic E-state index is 6.48. The lowest BCUT2D eigenvalue weighted by Crippen LogP contribution is -2.10. The van der Waals surface area contributed by atoms with Crippen LogP contribution in [0.3, 0.4) is 0 Å². The summed E-state index contributed by atoms with van der Waals surface area (Å²) in [7, 11) is 0. The van der Waals surface area contributed by atoms with E-state index in [-0.39, 0.29) is 0 Å². The molecule has 64 heavy (non-hydrogen) atoms. The summed E-state index contributed by atoms with van der Waals surface area (Å²) in [6.07, 6.45) is 0. The minimum absolute atomic E-state index is 0.904. The van der Waals surface area contributed by atoms with Crippen molar-refractivity contribution in [1.29, 1.82) is 0 Å². The van der Waals surface area contributed by atoms with E-state index in [9.17, 15) is 0 Å². The molecule has 13 aromatic rings. The third-order valence-electron chi connectivity index (χ3n) is 13.2. The maximum Gasteiger partial charge on any atom is 0.143 e. The fourth-order valence-corrected chi connectivity index (χ4v) is 10.2. The van der Waals surface area contributed by atoms with Gasteiger partial charge in [-0.1, -0.05) is 182 Å².